The van der Waals surface area contributed by atoms with E-state index in [9.17, 15) is 0 Å². The van der Waals surface area contributed by atoms with Gasteiger partial charge in [-0.2, -0.15) is 0 Å². The molecule has 19 heavy (non-hydrogen) atoms. The van der Waals surface area contributed by atoms with E-state index in [2.05, 4.69) is 39.6 Å². The highest BCUT2D eigenvalue weighted by Gasteiger charge is 1.94. The second kappa shape index (κ2) is 8.38. The van der Waals surface area contributed by atoms with E-state index < -0.39 is 0 Å². The van der Waals surface area contributed by atoms with Crippen molar-refractivity contribution >= 4 is 0 Å². The SMILES string of the molecule is c1cc(CCCNCCCc2ccncc2)ccn1. The first kappa shape index (κ1) is 13.7. The third-order valence-electron chi connectivity index (χ3n) is 3.14. The first-order valence-electron chi connectivity index (χ1n) is 6.94. The van der Waals surface area contributed by atoms with Crippen molar-refractivity contribution in [3.63, 3.8) is 0 Å². The summed E-state index contributed by atoms with van der Waals surface area (Å²) in [4.78, 5) is 8.05. The number of nitrogens with zero attached hydrogens (tertiary/aromatic N) is 2. The molecule has 0 aliphatic rings. The van der Waals surface area contributed by atoms with Gasteiger partial charge in [0.1, 0.15) is 0 Å². The lowest BCUT2D eigenvalue weighted by Crippen LogP contribution is -2.17. The lowest BCUT2D eigenvalue weighted by molar-refractivity contribution is 0.622. The molecule has 0 fully saturated rings. The van der Waals surface area contributed by atoms with Crippen molar-refractivity contribution in [2.24, 2.45) is 0 Å². The van der Waals surface area contributed by atoms with Gasteiger partial charge in [-0.15, -0.1) is 0 Å². The Morgan fingerprint density at radius 3 is 1.53 bits per heavy atom. The van der Waals surface area contributed by atoms with Crippen LogP contribution < -0.4 is 5.32 Å². The van der Waals surface area contributed by atoms with Crippen molar-refractivity contribution in [2.75, 3.05) is 13.1 Å². The van der Waals surface area contributed by atoms with Crippen molar-refractivity contribution < 1.29 is 0 Å². The highest BCUT2D eigenvalue weighted by Crippen LogP contribution is 2.01. The largest absolute Gasteiger partial charge is 0.317 e. The third kappa shape index (κ3) is 5.62. The second-order valence-corrected chi connectivity index (χ2v) is 4.67. The van der Waals surface area contributed by atoms with Gasteiger partial charge in [0, 0.05) is 24.8 Å². The first-order chi connectivity index (χ1) is 9.45. The molecule has 0 saturated carbocycles. The molecule has 0 unspecified atom stereocenters. The standard InChI is InChI=1S/C16H21N3/c1(3-15-5-11-18-12-6-15)9-17-10-2-4-16-7-13-19-14-8-16/h5-8,11-14,17H,1-4,9-10H2. The van der Waals surface area contributed by atoms with Gasteiger partial charge in [0.2, 0.25) is 0 Å². The van der Waals surface area contributed by atoms with Crippen LogP contribution >= 0.6 is 0 Å². The average molecular weight is 255 g/mol. The summed E-state index contributed by atoms with van der Waals surface area (Å²) in [5, 5.41) is 3.49. The van der Waals surface area contributed by atoms with Crippen LogP contribution in [0.4, 0.5) is 0 Å². The summed E-state index contributed by atoms with van der Waals surface area (Å²) in [5.41, 5.74) is 2.74. The fraction of sp³-hybridized carbons (Fsp3) is 0.375. The Morgan fingerprint density at radius 2 is 1.11 bits per heavy atom. The van der Waals surface area contributed by atoms with Crippen LogP contribution in [0.1, 0.15) is 24.0 Å². The molecular formula is C16H21N3. The van der Waals surface area contributed by atoms with Crippen molar-refractivity contribution in [3.05, 3.63) is 60.2 Å². The number of rotatable bonds is 8. The molecule has 3 heteroatoms. The molecule has 100 valence electrons. The maximum atomic E-state index is 4.02. The number of hydrogen-bond acceptors (Lipinski definition) is 3. The molecule has 3 nitrogen and oxygen atoms in total. The summed E-state index contributed by atoms with van der Waals surface area (Å²) < 4.78 is 0. The second-order valence-electron chi connectivity index (χ2n) is 4.67. The quantitative estimate of drug-likeness (QED) is 0.737. The predicted molar refractivity (Wildman–Crippen MR) is 78.0 cm³/mol. The van der Waals surface area contributed by atoms with E-state index >= 15 is 0 Å². The number of nitrogens with one attached hydrogen (secondary N) is 1. The van der Waals surface area contributed by atoms with E-state index in [1.54, 1.807) is 0 Å². The van der Waals surface area contributed by atoms with Crippen LogP contribution in [-0.4, -0.2) is 23.1 Å². The molecule has 0 saturated heterocycles. The van der Waals surface area contributed by atoms with Gasteiger partial charge >= 0.3 is 0 Å². The number of hydrogen-bond donors (Lipinski definition) is 1. The topological polar surface area (TPSA) is 37.8 Å². The Kier molecular flexibility index (Phi) is 6.03. The first-order valence-corrected chi connectivity index (χ1v) is 6.94. The van der Waals surface area contributed by atoms with Gasteiger partial charge in [-0.25, -0.2) is 0 Å². The number of aryl methyl sites for hydroxylation is 2. The predicted octanol–water partition coefficient (Wildman–Crippen LogP) is 2.63. The summed E-state index contributed by atoms with van der Waals surface area (Å²) in [5.74, 6) is 0. The molecule has 0 aliphatic carbocycles. The zero-order valence-electron chi connectivity index (χ0n) is 11.3. The van der Waals surface area contributed by atoms with E-state index in [4.69, 9.17) is 0 Å². The molecule has 2 aromatic rings. The highest BCUT2D eigenvalue weighted by molar-refractivity contribution is 5.10. The smallest absolute Gasteiger partial charge is 0.0270 e. The molecule has 2 aromatic heterocycles. The van der Waals surface area contributed by atoms with Crippen molar-refractivity contribution in [3.8, 4) is 0 Å². The maximum Gasteiger partial charge on any atom is 0.0270 e. The molecule has 0 aliphatic heterocycles. The van der Waals surface area contributed by atoms with E-state index in [1.165, 1.54) is 24.0 Å². The van der Waals surface area contributed by atoms with Gasteiger partial charge in [-0.05, 0) is 74.2 Å². The van der Waals surface area contributed by atoms with E-state index in [0.29, 0.717) is 0 Å². The molecule has 0 bridgehead atoms. The zero-order valence-corrected chi connectivity index (χ0v) is 11.3. The van der Waals surface area contributed by atoms with Crippen molar-refractivity contribution in [2.45, 2.75) is 25.7 Å². The van der Waals surface area contributed by atoms with Gasteiger partial charge in [0.15, 0.2) is 0 Å². The fourth-order valence-corrected chi connectivity index (χ4v) is 2.06. The van der Waals surface area contributed by atoms with Gasteiger partial charge < -0.3 is 5.32 Å². The van der Waals surface area contributed by atoms with E-state index in [1.807, 2.05) is 24.8 Å². The molecule has 2 heterocycles. The summed E-state index contributed by atoms with van der Waals surface area (Å²) in [6.45, 7) is 2.16. The molecule has 0 atom stereocenters. The Morgan fingerprint density at radius 1 is 0.684 bits per heavy atom. The van der Waals surface area contributed by atoms with E-state index in [-0.39, 0.29) is 0 Å². The summed E-state index contributed by atoms with van der Waals surface area (Å²) in [6, 6.07) is 8.35. The van der Waals surface area contributed by atoms with Gasteiger partial charge in [0.25, 0.3) is 0 Å². The fourth-order valence-electron chi connectivity index (χ4n) is 2.06. The van der Waals surface area contributed by atoms with Gasteiger partial charge in [-0.3, -0.25) is 9.97 Å². The minimum atomic E-state index is 1.08. The Bertz CT molecular complexity index is 399. The zero-order chi connectivity index (χ0) is 13.2. The Labute approximate surface area is 115 Å². The minimum Gasteiger partial charge on any atom is -0.317 e. The molecule has 0 spiro atoms. The minimum absolute atomic E-state index is 1.08. The van der Waals surface area contributed by atoms with Crippen LogP contribution in [0.15, 0.2) is 49.1 Å². The Balaban J connectivity index is 1.49. The summed E-state index contributed by atoms with van der Waals surface area (Å²) in [7, 11) is 0. The monoisotopic (exact) mass is 255 g/mol. The third-order valence-corrected chi connectivity index (χ3v) is 3.14. The normalized spacial score (nSPS) is 10.5. The molecular weight excluding hydrogens is 234 g/mol. The summed E-state index contributed by atoms with van der Waals surface area (Å²) >= 11 is 0. The number of pyridine rings is 2. The van der Waals surface area contributed by atoms with Crippen molar-refractivity contribution in [1.29, 1.82) is 0 Å². The lowest BCUT2D eigenvalue weighted by atomic mass is 10.1. The van der Waals surface area contributed by atoms with Crippen LogP contribution in [0, 0.1) is 0 Å². The van der Waals surface area contributed by atoms with Crippen LogP contribution in [0.3, 0.4) is 0 Å². The van der Waals surface area contributed by atoms with Crippen LogP contribution in [0.25, 0.3) is 0 Å². The van der Waals surface area contributed by atoms with E-state index in [0.717, 1.165) is 25.9 Å². The van der Waals surface area contributed by atoms with Crippen molar-refractivity contribution in [1.82, 2.24) is 15.3 Å². The maximum absolute atomic E-state index is 4.02. The van der Waals surface area contributed by atoms with Crippen LogP contribution in [-0.2, 0) is 12.8 Å². The molecule has 0 amide bonds. The summed E-state index contributed by atoms with van der Waals surface area (Å²) in [6.07, 6.45) is 12.0. The Hall–Kier alpha value is -1.74. The molecule has 0 aromatic carbocycles. The van der Waals surface area contributed by atoms with Crippen LogP contribution in [0.2, 0.25) is 0 Å². The molecule has 0 radical (unpaired) electrons. The van der Waals surface area contributed by atoms with Gasteiger partial charge in [-0.1, -0.05) is 0 Å². The lowest BCUT2D eigenvalue weighted by Gasteiger charge is -2.05. The highest BCUT2D eigenvalue weighted by atomic mass is 14.8. The average Bonchev–Trinajstić information content (AvgIpc) is 2.48. The molecule has 1 N–H and O–H groups in total. The van der Waals surface area contributed by atoms with Crippen LogP contribution in [0.5, 0.6) is 0 Å². The molecule has 2 rings (SSSR count). The van der Waals surface area contributed by atoms with Gasteiger partial charge in [0.05, 0.1) is 0 Å². The number of aromatic nitrogens is 2.